The van der Waals surface area contributed by atoms with E-state index in [-0.39, 0.29) is 0 Å². The van der Waals surface area contributed by atoms with Crippen LogP contribution in [0.1, 0.15) is 30.9 Å². The Morgan fingerprint density at radius 3 is 3.00 bits per heavy atom. The summed E-state index contributed by atoms with van der Waals surface area (Å²) in [4.78, 5) is 0. The number of piperidine rings is 1. The van der Waals surface area contributed by atoms with Crippen molar-refractivity contribution in [1.29, 1.82) is 0 Å². The predicted molar refractivity (Wildman–Crippen MR) is 71.0 cm³/mol. The number of hydrogen-bond acceptors (Lipinski definition) is 3. The van der Waals surface area contributed by atoms with Gasteiger partial charge in [0.25, 0.3) is 0 Å². The molecule has 3 heteroatoms. The molecule has 0 amide bonds. The van der Waals surface area contributed by atoms with E-state index in [0.29, 0.717) is 5.41 Å². The van der Waals surface area contributed by atoms with Crippen molar-refractivity contribution >= 4 is 11.3 Å². The minimum atomic E-state index is 0.447. The van der Waals surface area contributed by atoms with Gasteiger partial charge in [-0.15, -0.1) is 0 Å². The van der Waals surface area contributed by atoms with Crippen molar-refractivity contribution < 1.29 is 0 Å². The highest BCUT2D eigenvalue weighted by molar-refractivity contribution is 7.08. The average Bonchev–Trinajstić information content (AvgIpc) is 2.65. The molecule has 2 N–H and O–H groups in total. The predicted octanol–water partition coefficient (Wildman–Crippen LogP) is 2.54. The van der Waals surface area contributed by atoms with Crippen LogP contribution in [0.4, 0.5) is 0 Å². The lowest BCUT2D eigenvalue weighted by molar-refractivity contribution is 0.226. The molecule has 1 fully saturated rings. The van der Waals surface area contributed by atoms with Gasteiger partial charge in [0.1, 0.15) is 0 Å². The van der Waals surface area contributed by atoms with E-state index in [4.69, 9.17) is 0 Å². The lowest BCUT2D eigenvalue weighted by atomic mass is 9.83. The second kappa shape index (κ2) is 5.30. The highest BCUT2D eigenvalue weighted by Gasteiger charge is 2.25. The molecule has 0 bridgehead atoms. The molecule has 0 spiro atoms. The van der Waals surface area contributed by atoms with Gasteiger partial charge in [-0.3, -0.25) is 0 Å². The Balaban J connectivity index is 1.77. The molecule has 1 saturated heterocycles. The van der Waals surface area contributed by atoms with E-state index in [2.05, 4.69) is 35.2 Å². The largest absolute Gasteiger partial charge is 0.316 e. The maximum Gasteiger partial charge on any atom is 0.0216 e. The first-order valence-electron chi connectivity index (χ1n) is 6.13. The fourth-order valence-electron chi connectivity index (χ4n) is 2.34. The highest BCUT2D eigenvalue weighted by atomic mass is 32.1. The maximum atomic E-state index is 3.61. The third-order valence-corrected chi connectivity index (χ3v) is 4.42. The van der Waals surface area contributed by atoms with E-state index in [1.54, 1.807) is 11.3 Å². The Labute approximate surface area is 102 Å². The summed E-state index contributed by atoms with van der Waals surface area (Å²) in [5.74, 6) is 0. The highest BCUT2D eigenvalue weighted by Crippen LogP contribution is 2.24. The van der Waals surface area contributed by atoms with Crippen LogP contribution in [0.25, 0.3) is 0 Å². The van der Waals surface area contributed by atoms with Gasteiger partial charge in [0.2, 0.25) is 0 Å². The summed E-state index contributed by atoms with van der Waals surface area (Å²) in [6, 6.07) is 0. The Morgan fingerprint density at radius 2 is 2.38 bits per heavy atom. The monoisotopic (exact) mass is 238 g/mol. The zero-order valence-corrected chi connectivity index (χ0v) is 11.1. The molecule has 0 aliphatic carbocycles. The van der Waals surface area contributed by atoms with Gasteiger partial charge in [0, 0.05) is 19.6 Å². The summed E-state index contributed by atoms with van der Waals surface area (Å²) < 4.78 is 0. The van der Waals surface area contributed by atoms with Crippen LogP contribution in [0.15, 0.2) is 10.8 Å². The van der Waals surface area contributed by atoms with E-state index < -0.39 is 0 Å². The quantitative estimate of drug-likeness (QED) is 0.842. The summed E-state index contributed by atoms with van der Waals surface area (Å²) in [6.07, 6.45) is 2.66. The molecular weight excluding hydrogens is 216 g/mol. The van der Waals surface area contributed by atoms with Gasteiger partial charge >= 0.3 is 0 Å². The standard InChI is InChI=1S/C13H22N2S/c1-11-7-16-8-12(11)6-15-10-13(2)4-3-5-14-9-13/h7-8,14-15H,3-6,9-10H2,1-2H3. The van der Waals surface area contributed by atoms with Crippen molar-refractivity contribution in [3.8, 4) is 0 Å². The molecule has 2 rings (SSSR count). The molecule has 1 atom stereocenters. The Hall–Kier alpha value is -0.380. The number of aryl methyl sites for hydroxylation is 1. The van der Waals surface area contributed by atoms with Crippen LogP contribution in [0.5, 0.6) is 0 Å². The van der Waals surface area contributed by atoms with Gasteiger partial charge in [-0.05, 0) is 53.6 Å². The fraction of sp³-hybridized carbons (Fsp3) is 0.692. The topological polar surface area (TPSA) is 24.1 Å². The lowest BCUT2D eigenvalue weighted by Crippen LogP contribution is -2.44. The number of hydrogen-bond donors (Lipinski definition) is 2. The SMILES string of the molecule is Cc1cscc1CNCC1(C)CCCNC1. The molecule has 0 radical (unpaired) electrons. The van der Waals surface area contributed by atoms with Crippen molar-refractivity contribution in [2.45, 2.75) is 33.2 Å². The molecule has 16 heavy (non-hydrogen) atoms. The average molecular weight is 238 g/mol. The molecule has 0 saturated carbocycles. The van der Waals surface area contributed by atoms with Crippen LogP contribution in [-0.2, 0) is 6.54 Å². The number of rotatable bonds is 4. The number of thiophene rings is 1. The Bertz CT molecular complexity index is 326. The molecule has 2 heterocycles. The smallest absolute Gasteiger partial charge is 0.0216 e. The molecule has 1 aromatic heterocycles. The van der Waals surface area contributed by atoms with Crippen LogP contribution in [-0.4, -0.2) is 19.6 Å². The first kappa shape index (κ1) is 12.1. The Morgan fingerprint density at radius 1 is 1.50 bits per heavy atom. The van der Waals surface area contributed by atoms with Crippen molar-refractivity contribution in [2.24, 2.45) is 5.41 Å². The summed E-state index contributed by atoms with van der Waals surface area (Å²) in [5, 5.41) is 11.6. The zero-order valence-electron chi connectivity index (χ0n) is 10.3. The van der Waals surface area contributed by atoms with E-state index in [9.17, 15) is 0 Å². The van der Waals surface area contributed by atoms with E-state index in [0.717, 1.165) is 19.6 Å². The van der Waals surface area contributed by atoms with Crippen LogP contribution >= 0.6 is 11.3 Å². The van der Waals surface area contributed by atoms with Gasteiger partial charge in [0.15, 0.2) is 0 Å². The van der Waals surface area contributed by atoms with Crippen molar-refractivity contribution in [2.75, 3.05) is 19.6 Å². The Kier molecular flexibility index (Phi) is 4.00. The molecular formula is C13H22N2S. The van der Waals surface area contributed by atoms with Crippen LogP contribution < -0.4 is 10.6 Å². The van der Waals surface area contributed by atoms with Crippen LogP contribution in [0, 0.1) is 12.3 Å². The van der Waals surface area contributed by atoms with Crippen molar-refractivity contribution in [3.05, 3.63) is 21.9 Å². The minimum Gasteiger partial charge on any atom is -0.316 e. The van der Waals surface area contributed by atoms with Crippen molar-refractivity contribution in [1.82, 2.24) is 10.6 Å². The molecule has 2 nitrogen and oxygen atoms in total. The molecule has 1 unspecified atom stereocenters. The third kappa shape index (κ3) is 3.06. The van der Waals surface area contributed by atoms with Gasteiger partial charge in [-0.1, -0.05) is 6.92 Å². The fourth-order valence-corrected chi connectivity index (χ4v) is 3.19. The van der Waals surface area contributed by atoms with Crippen LogP contribution in [0.3, 0.4) is 0 Å². The first-order chi connectivity index (χ1) is 7.70. The third-order valence-electron chi connectivity index (χ3n) is 3.51. The van der Waals surface area contributed by atoms with E-state index >= 15 is 0 Å². The summed E-state index contributed by atoms with van der Waals surface area (Å²) in [7, 11) is 0. The molecule has 0 aromatic carbocycles. The van der Waals surface area contributed by atoms with Gasteiger partial charge in [-0.2, -0.15) is 11.3 Å². The lowest BCUT2D eigenvalue weighted by Gasteiger charge is -2.34. The molecule has 1 aromatic rings. The summed E-state index contributed by atoms with van der Waals surface area (Å²) in [6.45, 7) is 9.06. The second-order valence-corrected chi connectivity index (χ2v) is 6.02. The van der Waals surface area contributed by atoms with Gasteiger partial charge in [0.05, 0.1) is 0 Å². The normalized spacial score (nSPS) is 25.9. The molecule has 1 aliphatic rings. The minimum absolute atomic E-state index is 0.447. The summed E-state index contributed by atoms with van der Waals surface area (Å²) in [5.41, 5.74) is 3.32. The molecule has 90 valence electrons. The number of nitrogens with one attached hydrogen (secondary N) is 2. The van der Waals surface area contributed by atoms with E-state index in [1.165, 1.54) is 30.5 Å². The molecule has 1 aliphatic heterocycles. The van der Waals surface area contributed by atoms with Crippen LogP contribution in [0.2, 0.25) is 0 Å². The van der Waals surface area contributed by atoms with Gasteiger partial charge in [-0.25, -0.2) is 0 Å². The van der Waals surface area contributed by atoms with Gasteiger partial charge < -0.3 is 10.6 Å². The van der Waals surface area contributed by atoms with Crippen molar-refractivity contribution in [3.63, 3.8) is 0 Å². The zero-order chi connectivity index (χ0) is 11.4. The summed E-state index contributed by atoms with van der Waals surface area (Å²) >= 11 is 1.80. The maximum absolute atomic E-state index is 3.61. The first-order valence-corrected chi connectivity index (χ1v) is 7.07. The second-order valence-electron chi connectivity index (χ2n) is 5.27. The van der Waals surface area contributed by atoms with E-state index in [1.807, 2.05) is 0 Å².